The molecule has 0 radical (unpaired) electrons. The predicted molar refractivity (Wildman–Crippen MR) is 70.3 cm³/mol. The largest absolute Gasteiger partial charge is 0.396 e. The summed E-state index contributed by atoms with van der Waals surface area (Å²) in [7, 11) is -3.31. The summed E-state index contributed by atoms with van der Waals surface area (Å²) >= 11 is 0. The minimum atomic E-state index is -3.31. The van der Waals surface area contributed by atoms with Crippen LogP contribution >= 0.6 is 0 Å². The van der Waals surface area contributed by atoms with E-state index in [1.807, 2.05) is 0 Å². The molecule has 5 nitrogen and oxygen atoms in total. The van der Waals surface area contributed by atoms with Crippen molar-refractivity contribution in [3.05, 3.63) is 0 Å². The van der Waals surface area contributed by atoms with Crippen molar-refractivity contribution in [2.45, 2.75) is 32.6 Å². The predicted octanol–water partition coefficient (Wildman–Crippen LogP) is 0.667. The van der Waals surface area contributed by atoms with Gasteiger partial charge in [-0.3, -0.25) is 0 Å². The third-order valence-electron chi connectivity index (χ3n) is 4.01. The lowest BCUT2D eigenvalue weighted by Gasteiger charge is -2.37. The molecular weight excluding hydrogens is 252 g/mol. The van der Waals surface area contributed by atoms with E-state index in [4.69, 9.17) is 0 Å². The Kier molecular flexibility index (Phi) is 4.64. The third kappa shape index (κ3) is 3.04. The molecule has 0 spiro atoms. The van der Waals surface area contributed by atoms with Crippen molar-refractivity contribution >= 4 is 10.2 Å². The van der Waals surface area contributed by atoms with Crippen molar-refractivity contribution in [3.8, 4) is 0 Å². The van der Waals surface area contributed by atoms with Gasteiger partial charge in [-0.2, -0.15) is 17.0 Å². The van der Waals surface area contributed by atoms with Crippen LogP contribution in [0.3, 0.4) is 0 Å². The molecule has 2 aliphatic rings. The highest BCUT2D eigenvalue weighted by Crippen LogP contribution is 2.24. The van der Waals surface area contributed by atoms with E-state index in [9.17, 15) is 13.5 Å². The Labute approximate surface area is 110 Å². The summed E-state index contributed by atoms with van der Waals surface area (Å²) in [6, 6.07) is 0. The first-order chi connectivity index (χ1) is 8.54. The molecule has 0 aromatic carbocycles. The average Bonchev–Trinajstić information content (AvgIpc) is 2.39. The second-order valence-electron chi connectivity index (χ2n) is 5.66. The van der Waals surface area contributed by atoms with E-state index in [1.165, 1.54) is 0 Å². The monoisotopic (exact) mass is 276 g/mol. The summed E-state index contributed by atoms with van der Waals surface area (Å²) in [6.45, 7) is 4.56. The van der Waals surface area contributed by atoms with Crippen LogP contribution in [0.5, 0.6) is 0 Å². The molecule has 0 bridgehead atoms. The van der Waals surface area contributed by atoms with Gasteiger partial charge >= 0.3 is 0 Å². The number of nitrogens with zero attached hydrogens (tertiary/aromatic N) is 2. The van der Waals surface area contributed by atoms with Gasteiger partial charge in [-0.05, 0) is 37.5 Å². The molecule has 2 heterocycles. The molecule has 1 N–H and O–H groups in total. The summed E-state index contributed by atoms with van der Waals surface area (Å²) in [6.07, 6.45) is 3.86. The quantitative estimate of drug-likeness (QED) is 0.824. The molecule has 0 saturated carbocycles. The summed E-state index contributed by atoms with van der Waals surface area (Å²) in [5.41, 5.74) is 0. The van der Waals surface area contributed by atoms with E-state index in [0.717, 1.165) is 25.7 Å². The first-order valence-electron chi connectivity index (χ1n) is 6.90. The number of aliphatic hydroxyl groups excluding tert-OH is 1. The van der Waals surface area contributed by atoms with Gasteiger partial charge in [-0.25, -0.2) is 0 Å². The Balaban J connectivity index is 2.05. The third-order valence-corrected chi connectivity index (χ3v) is 5.98. The second-order valence-corrected chi connectivity index (χ2v) is 7.59. The maximum Gasteiger partial charge on any atom is 0.281 e. The fraction of sp³-hybridized carbons (Fsp3) is 1.00. The van der Waals surface area contributed by atoms with Crippen LogP contribution in [-0.4, -0.2) is 54.9 Å². The van der Waals surface area contributed by atoms with Crippen molar-refractivity contribution in [2.24, 2.45) is 11.8 Å². The van der Waals surface area contributed by atoms with Gasteiger partial charge in [-0.15, -0.1) is 0 Å². The molecule has 0 amide bonds. The highest BCUT2D eigenvalue weighted by Gasteiger charge is 2.35. The highest BCUT2D eigenvalue weighted by atomic mass is 32.2. The van der Waals surface area contributed by atoms with Gasteiger partial charge < -0.3 is 5.11 Å². The number of hydrogen-bond donors (Lipinski definition) is 1. The van der Waals surface area contributed by atoms with E-state index in [-0.39, 0.29) is 12.5 Å². The SMILES string of the molecule is CC1CCCN(S(=O)(=O)N2CCCC(CO)C2)C1. The lowest BCUT2D eigenvalue weighted by molar-refractivity contribution is 0.157. The van der Waals surface area contributed by atoms with Crippen LogP contribution < -0.4 is 0 Å². The second kappa shape index (κ2) is 5.86. The van der Waals surface area contributed by atoms with Crippen LogP contribution in [0.4, 0.5) is 0 Å². The van der Waals surface area contributed by atoms with Gasteiger partial charge in [0.05, 0.1) is 0 Å². The van der Waals surface area contributed by atoms with Gasteiger partial charge in [0.1, 0.15) is 0 Å². The van der Waals surface area contributed by atoms with Crippen molar-refractivity contribution in [1.82, 2.24) is 8.61 Å². The Bertz CT molecular complexity index is 372. The van der Waals surface area contributed by atoms with Crippen molar-refractivity contribution in [3.63, 3.8) is 0 Å². The lowest BCUT2D eigenvalue weighted by Crippen LogP contribution is -2.50. The maximum atomic E-state index is 12.5. The van der Waals surface area contributed by atoms with Gasteiger partial charge in [0.15, 0.2) is 0 Å². The van der Waals surface area contributed by atoms with Gasteiger partial charge in [0.2, 0.25) is 0 Å². The van der Waals surface area contributed by atoms with Gasteiger partial charge in [0, 0.05) is 32.8 Å². The molecule has 0 aromatic rings. The van der Waals surface area contributed by atoms with Crippen molar-refractivity contribution < 1.29 is 13.5 Å². The van der Waals surface area contributed by atoms with Crippen LogP contribution in [0.1, 0.15) is 32.6 Å². The molecule has 18 heavy (non-hydrogen) atoms. The van der Waals surface area contributed by atoms with E-state index in [0.29, 0.717) is 32.1 Å². The number of hydrogen-bond acceptors (Lipinski definition) is 3. The molecule has 106 valence electrons. The zero-order chi connectivity index (χ0) is 13.2. The normalized spacial score (nSPS) is 32.6. The van der Waals surface area contributed by atoms with Crippen LogP contribution in [0.2, 0.25) is 0 Å². The standard InChI is InChI=1S/C12H24N2O3S/c1-11-4-2-6-13(8-11)18(16,17)14-7-3-5-12(9-14)10-15/h11-12,15H,2-10H2,1H3. The van der Waals surface area contributed by atoms with Crippen LogP contribution in [-0.2, 0) is 10.2 Å². The smallest absolute Gasteiger partial charge is 0.281 e. The molecular formula is C12H24N2O3S. The Morgan fingerprint density at radius 1 is 1.11 bits per heavy atom. The maximum absolute atomic E-state index is 12.5. The van der Waals surface area contributed by atoms with Crippen LogP contribution in [0.25, 0.3) is 0 Å². The minimum Gasteiger partial charge on any atom is -0.396 e. The van der Waals surface area contributed by atoms with E-state index in [1.54, 1.807) is 8.61 Å². The number of aliphatic hydroxyl groups is 1. The Morgan fingerprint density at radius 2 is 1.72 bits per heavy atom. The highest BCUT2D eigenvalue weighted by molar-refractivity contribution is 7.86. The molecule has 0 aromatic heterocycles. The van der Waals surface area contributed by atoms with Crippen LogP contribution in [0, 0.1) is 11.8 Å². The van der Waals surface area contributed by atoms with E-state index < -0.39 is 10.2 Å². The van der Waals surface area contributed by atoms with Crippen molar-refractivity contribution in [2.75, 3.05) is 32.8 Å². The first kappa shape index (κ1) is 14.2. The topological polar surface area (TPSA) is 60.9 Å². The molecule has 0 aliphatic carbocycles. The molecule has 2 rings (SSSR count). The summed E-state index contributed by atoms with van der Waals surface area (Å²) in [5, 5.41) is 9.19. The Hall–Kier alpha value is -0.170. The molecule has 2 saturated heterocycles. The van der Waals surface area contributed by atoms with Crippen molar-refractivity contribution in [1.29, 1.82) is 0 Å². The van der Waals surface area contributed by atoms with E-state index in [2.05, 4.69) is 6.92 Å². The van der Waals surface area contributed by atoms with Gasteiger partial charge in [-0.1, -0.05) is 6.92 Å². The fourth-order valence-corrected chi connectivity index (χ4v) is 4.79. The Morgan fingerprint density at radius 3 is 2.33 bits per heavy atom. The number of piperidine rings is 2. The van der Waals surface area contributed by atoms with E-state index >= 15 is 0 Å². The average molecular weight is 276 g/mol. The van der Waals surface area contributed by atoms with Crippen LogP contribution in [0.15, 0.2) is 0 Å². The molecule has 6 heteroatoms. The molecule has 2 atom stereocenters. The lowest BCUT2D eigenvalue weighted by atomic mass is 10.0. The number of rotatable bonds is 3. The minimum absolute atomic E-state index is 0.0857. The zero-order valence-corrected chi connectivity index (χ0v) is 11.9. The zero-order valence-electron chi connectivity index (χ0n) is 11.1. The fourth-order valence-electron chi connectivity index (χ4n) is 2.90. The molecule has 2 unspecified atom stereocenters. The summed E-state index contributed by atoms with van der Waals surface area (Å²) < 4.78 is 28.2. The first-order valence-corrected chi connectivity index (χ1v) is 8.30. The van der Waals surface area contributed by atoms with Gasteiger partial charge in [0.25, 0.3) is 10.2 Å². The molecule has 2 aliphatic heterocycles. The summed E-state index contributed by atoms with van der Waals surface area (Å²) in [5.74, 6) is 0.558. The molecule has 2 fully saturated rings. The summed E-state index contributed by atoms with van der Waals surface area (Å²) in [4.78, 5) is 0.